The van der Waals surface area contributed by atoms with Gasteiger partial charge in [-0.15, -0.1) is 5.10 Å². The Kier molecular flexibility index (Phi) is 4.18. The maximum atomic E-state index is 4.10. The molecule has 2 aromatic rings. The standard InChI is InChI=1S/C15H19N5/c1-3-7-13(8-4-1)11-16-12-15-17-18-19-20(15)14-9-5-2-6-10-14/h1-3,5-6,9-10,13,16H,4,7-8,11-12H2. The summed E-state index contributed by atoms with van der Waals surface area (Å²) < 4.78 is 1.79. The third-order valence-corrected chi connectivity index (χ3v) is 3.63. The van der Waals surface area contributed by atoms with Gasteiger partial charge in [-0.2, -0.15) is 4.68 Å². The largest absolute Gasteiger partial charge is 0.309 e. The minimum absolute atomic E-state index is 0.697. The van der Waals surface area contributed by atoms with Gasteiger partial charge in [-0.1, -0.05) is 30.4 Å². The molecule has 1 heterocycles. The van der Waals surface area contributed by atoms with E-state index in [0.717, 1.165) is 24.0 Å². The Bertz CT molecular complexity index is 561. The first-order valence-electron chi connectivity index (χ1n) is 7.12. The van der Waals surface area contributed by atoms with Crippen LogP contribution in [0, 0.1) is 5.92 Å². The maximum Gasteiger partial charge on any atom is 0.170 e. The summed E-state index contributed by atoms with van der Waals surface area (Å²) in [5.74, 6) is 1.59. The molecule has 1 aromatic carbocycles. The highest BCUT2D eigenvalue weighted by Crippen LogP contribution is 2.17. The van der Waals surface area contributed by atoms with Crippen LogP contribution in [0.2, 0.25) is 0 Å². The molecular formula is C15H19N5. The maximum absolute atomic E-state index is 4.10. The molecule has 3 rings (SSSR count). The van der Waals surface area contributed by atoms with Crippen molar-refractivity contribution in [2.45, 2.75) is 25.8 Å². The van der Waals surface area contributed by atoms with Gasteiger partial charge in [0.2, 0.25) is 0 Å². The first-order chi connectivity index (χ1) is 9.93. The van der Waals surface area contributed by atoms with Crippen molar-refractivity contribution in [3.05, 3.63) is 48.3 Å². The molecule has 5 heteroatoms. The number of nitrogens with zero attached hydrogens (tertiary/aromatic N) is 4. The van der Waals surface area contributed by atoms with E-state index in [9.17, 15) is 0 Å². The van der Waals surface area contributed by atoms with E-state index in [4.69, 9.17) is 0 Å². The van der Waals surface area contributed by atoms with Crippen molar-refractivity contribution in [1.29, 1.82) is 0 Å². The molecule has 1 aliphatic rings. The van der Waals surface area contributed by atoms with E-state index < -0.39 is 0 Å². The minimum Gasteiger partial charge on any atom is -0.309 e. The molecule has 0 saturated heterocycles. The van der Waals surface area contributed by atoms with Gasteiger partial charge in [-0.05, 0) is 54.3 Å². The van der Waals surface area contributed by atoms with Crippen LogP contribution in [0.5, 0.6) is 0 Å². The predicted molar refractivity (Wildman–Crippen MR) is 77.3 cm³/mol. The smallest absolute Gasteiger partial charge is 0.170 e. The Morgan fingerprint density at radius 1 is 1.20 bits per heavy atom. The number of tetrazole rings is 1. The normalized spacial score (nSPS) is 18.3. The van der Waals surface area contributed by atoms with Crippen LogP contribution in [0.15, 0.2) is 42.5 Å². The summed E-state index contributed by atoms with van der Waals surface area (Å²) in [4.78, 5) is 0. The molecule has 0 radical (unpaired) electrons. The summed E-state index contributed by atoms with van der Waals surface area (Å²) in [6.07, 6.45) is 8.20. The lowest BCUT2D eigenvalue weighted by Gasteiger charge is -2.17. The van der Waals surface area contributed by atoms with E-state index in [1.54, 1.807) is 4.68 Å². The van der Waals surface area contributed by atoms with E-state index in [-0.39, 0.29) is 0 Å². The molecule has 1 N–H and O–H groups in total. The number of aromatic nitrogens is 4. The SMILES string of the molecule is C1=CCC(CNCc2nnnn2-c2ccccc2)CC1. The van der Waals surface area contributed by atoms with Gasteiger partial charge in [0.05, 0.1) is 12.2 Å². The number of hydrogen-bond acceptors (Lipinski definition) is 4. The van der Waals surface area contributed by atoms with Crippen molar-refractivity contribution < 1.29 is 0 Å². The number of benzene rings is 1. The van der Waals surface area contributed by atoms with E-state index >= 15 is 0 Å². The van der Waals surface area contributed by atoms with Crippen molar-refractivity contribution in [3.63, 3.8) is 0 Å². The number of allylic oxidation sites excluding steroid dienone is 2. The zero-order chi connectivity index (χ0) is 13.6. The van der Waals surface area contributed by atoms with Crippen molar-refractivity contribution in [2.24, 2.45) is 5.92 Å². The highest BCUT2D eigenvalue weighted by atomic mass is 15.5. The molecule has 0 amide bonds. The lowest BCUT2D eigenvalue weighted by Crippen LogP contribution is -2.24. The van der Waals surface area contributed by atoms with Crippen molar-refractivity contribution in [3.8, 4) is 5.69 Å². The van der Waals surface area contributed by atoms with Gasteiger partial charge in [0.25, 0.3) is 0 Å². The Labute approximate surface area is 118 Å². The van der Waals surface area contributed by atoms with Gasteiger partial charge in [0.15, 0.2) is 5.82 Å². The quantitative estimate of drug-likeness (QED) is 0.845. The summed E-state index contributed by atoms with van der Waals surface area (Å²) >= 11 is 0. The van der Waals surface area contributed by atoms with Crippen molar-refractivity contribution in [2.75, 3.05) is 6.54 Å². The Hall–Kier alpha value is -2.01. The van der Waals surface area contributed by atoms with Gasteiger partial charge in [-0.3, -0.25) is 0 Å². The second-order valence-electron chi connectivity index (χ2n) is 5.12. The molecule has 0 fully saturated rings. The molecule has 0 aliphatic heterocycles. The minimum atomic E-state index is 0.697. The number of para-hydroxylation sites is 1. The van der Waals surface area contributed by atoms with Crippen LogP contribution in [0.3, 0.4) is 0 Å². The first kappa shape index (κ1) is 13.0. The Morgan fingerprint density at radius 3 is 2.90 bits per heavy atom. The molecule has 5 nitrogen and oxygen atoms in total. The molecule has 20 heavy (non-hydrogen) atoms. The summed E-state index contributed by atoms with van der Waals surface area (Å²) in [5.41, 5.74) is 0.995. The lowest BCUT2D eigenvalue weighted by atomic mass is 9.94. The average molecular weight is 269 g/mol. The number of rotatable bonds is 5. The molecule has 104 valence electrons. The molecule has 1 aromatic heterocycles. The fourth-order valence-corrected chi connectivity index (χ4v) is 2.52. The van der Waals surface area contributed by atoms with Crippen LogP contribution in [0.1, 0.15) is 25.1 Å². The highest BCUT2D eigenvalue weighted by molar-refractivity contribution is 5.30. The molecule has 0 saturated carbocycles. The third-order valence-electron chi connectivity index (χ3n) is 3.63. The predicted octanol–water partition coefficient (Wildman–Crippen LogP) is 2.11. The van der Waals surface area contributed by atoms with Crippen LogP contribution in [0.4, 0.5) is 0 Å². The second kappa shape index (κ2) is 6.43. The van der Waals surface area contributed by atoms with Crippen LogP contribution in [-0.2, 0) is 6.54 Å². The van der Waals surface area contributed by atoms with Gasteiger partial charge < -0.3 is 5.32 Å². The van der Waals surface area contributed by atoms with Gasteiger partial charge >= 0.3 is 0 Å². The van der Waals surface area contributed by atoms with Gasteiger partial charge in [-0.25, -0.2) is 0 Å². The van der Waals surface area contributed by atoms with Crippen LogP contribution >= 0.6 is 0 Å². The zero-order valence-corrected chi connectivity index (χ0v) is 11.4. The average Bonchev–Trinajstić information content (AvgIpc) is 2.98. The molecular weight excluding hydrogens is 250 g/mol. The molecule has 0 bridgehead atoms. The second-order valence-corrected chi connectivity index (χ2v) is 5.12. The third kappa shape index (κ3) is 3.11. The van der Waals surface area contributed by atoms with Crippen LogP contribution < -0.4 is 5.32 Å². The molecule has 1 atom stereocenters. The fraction of sp³-hybridized carbons (Fsp3) is 0.400. The van der Waals surface area contributed by atoms with Crippen molar-refractivity contribution >= 4 is 0 Å². The first-order valence-corrected chi connectivity index (χ1v) is 7.12. The lowest BCUT2D eigenvalue weighted by molar-refractivity contribution is 0.436. The van der Waals surface area contributed by atoms with E-state index in [1.807, 2.05) is 30.3 Å². The summed E-state index contributed by atoms with van der Waals surface area (Å²) in [7, 11) is 0. The summed E-state index contributed by atoms with van der Waals surface area (Å²) in [6, 6.07) is 9.98. The topological polar surface area (TPSA) is 55.6 Å². The van der Waals surface area contributed by atoms with Gasteiger partial charge in [0.1, 0.15) is 0 Å². The number of nitrogens with one attached hydrogen (secondary N) is 1. The molecule has 1 unspecified atom stereocenters. The number of hydrogen-bond donors (Lipinski definition) is 1. The van der Waals surface area contributed by atoms with E-state index in [1.165, 1.54) is 19.3 Å². The van der Waals surface area contributed by atoms with Crippen LogP contribution in [-0.4, -0.2) is 26.8 Å². The molecule has 0 spiro atoms. The zero-order valence-electron chi connectivity index (χ0n) is 11.4. The Morgan fingerprint density at radius 2 is 2.10 bits per heavy atom. The van der Waals surface area contributed by atoms with Crippen molar-refractivity contribution in [1.82, 2.24) is 25.5 Å². The van der Waals surface area contributed by atoms with E-state index in [0.29, 0.717) is 6.54 Å². The van der Waals surface area contributed by atoms with Gasteiger partial charge in [0, 0.05) is 0 Å². The fourth-order valence-electron chi connectivity index (χ4n) is 2.52. The summed E-state index contributed by atoms with van der Waals surface area (Å²) in [6.45, 7) is 1.72. The van der Waals surface area contributed by atoms with Crippen LogP contribution in [0.25, 0.3) is 5.69 Å². The summed E-state index contributed by atoms with van der Waals surface area (Å²) in [5, 5.41) is 15.4. The molecule has 1 aliphatic carbocycles. The highest BCUT2D eigenvalue weighted by Gasteiger charge is 2.11. The van der Waals surface area contributed by atoms with E-state index in [2.05, 4.69) is 33.0 Å². The Balaban J connectivity index is 1.58. The monoisotopic (exact) mass is 269 g/mol.